The highest BCUT2D eigenvalue weighted by Crippen LogP contribution is 2.30. The topological polar surface area (TPSA) is 47.6 Å². The summed E-state index contributed by atoms with van der Waals surface area (Å²) in [4.78, 5) is 12.3. The highest BCUT2D eigenvalue weighted by Gasteiger charge is 2.11. The van der Waals surface area contributed by atoms with Crippen LogP contribution in [0.15, 0.2) is 72.8 Å². The van der Waals surface area contributed by atoms with E-state index in [2.05, 4.69) is 5.32 Å². The van der Waals surface area contributed by atoms with Gasteiger partial charge in [0.15, 0.2) is 5.75 Å². The normalized spacial score (nSPS) is 10.2. The zero-order valence-corrected chi connectivity index (χ0v) is 14.2. The molecular formula is C21H18FNO3. The average Bonchev–Trinajstić information content (AvgIpc) is 2.65. The lowest BCUT2D eigenvalue weighted by molar-refractivity contribution is 0.102. The Hall–Kier alpha value is -3.34. The molecule has 0 radical (unpaired) electrons. The van der Waals surface area contributed by atoms with Crippen molar-refractivity contribution in [1.82, 2.24) is 0 Å². The smallest absolute Gasteiger partial charge is 0.255 e. The lowest BCUT2D eigenvalue weighted by atomic mass is 10.2. The van der Waals surface area contributed by atoms with Crippen molar-refractivity contribution in [2.24, 2.45) is 0 Å². The van der Waals surface area contributed by atoms with Crippen molar-refractivity contribution in [2.75, 3.05) is 11.9 Å². The van der Waals surface area contributed by atoms with Crippen LogP contribution in [0.3, 0.4) is 0 Å². The molecule has 0 aliphatic heterocycles. The fourth-order valence-electron chi connectivity index (χ4n) is 2.38. The quantitative estimate of drug-likeness (QED) is 0.658. The molecule has 0 aromatic heterocycles. The van der Waals surface area contributed by atoms with Gasteiger partial charge in [0, 0.05) is 5.56 Å². The van der Waals surface area contributed by atoms with E-state index in [-0.39, 0.29) is 5.56 Å². The highest BCUT2D eigenvalue weighted by atomic mass is 19.1. The summed E-state index contributed by atoms with van der Waals surface area (Å²) in [7, 11) is 0. The molecule has 3 aromatic carbocycles. The summed E-state index contributed by atoms with van der Waals surface area (Å²) in [6.45, 7) is 2.51. The summed E-state index contributed by atoms with van der Waals surface area (Å²) in [5.41, 5.74) is 0.733. The summed E-state index contributed by atoms with van der Waals surface area (Å²) >= 11 is 0. The Morgan fingerprint density at radius 1 is 0.962 bits per heavy atom. The molecule has 0 aliphatic carbocycles. The van der Waals surface area contributed by atoms with Gasteiger partial charge in [0.1, 0.15) is 17.3 Å². The molecule has 0 atom stereocenters. The maximum Gasteiger partial charge on any atom is 0.255 e. The Labute approximate surface area is 151 Å². The number of anilines is 1. The zero-order chi connectivity index (χ0) is 18.4. The van der Waals surface area contributed by atoms with E-state index in [0.717, 1.165) is 5.75 Å². The monoisotopic (exact) mass is 351 g/mol. The van der Waals surface area contributed by atoms with E-state index >= 15 is 0 Å². The van der Waals surface area contributed by atoms with Crippen molar-refractivity contribution >= 4 is 11.6 Å². The van der Waals surface area contributed by atoms with Gasteiger partial charge in [-0.3, -0.25) is 4.79 Å². The van der Waals surface area contributed by atoms with Gasteiger partial charge in [-0.05, 0) is 61.5 Å². The minimum absolute atomic E-state index is 0.237. The standard InChI is InChI=1S/C21H18FNO3/c1-2-25-17-10-12-18(13-11-17)26-20-9-4-3-8-19(20)23-21(24)15-6-5-7-16(22)14-15/h3-14H,2H2,1H3,(H,23,24). The van der Waals surface area contributed by atoms with Crippen LogP contribution in [0.4, 0.5) is 10.1 Å². The molecular weight excluding hydrogens is 333 g/mol. The Kier molecular flexibility index (Phi) is 5.49. The first kappa shape index (κ1) is 17.5. The Morgan fingerprint density at radius 3 is 2.42 bits per heavy atom. The second-order valence-corrected chi connectivity index (χ2v) is 5.47. The SMILES string of the molecule is CCOc1ccc(Oc2ccccc2NC(=O)c2cccc(F)c2)cc1. The van der Waals surface area contributed by atoms with Crippen molar-refractivity contribution in [3.8, 4) is 17.2 Å². The maximum atomic E-state index is 13.3. The predicted molar refractivity (Wildman–Crippen MR) is 98.5 cm³/mol. The molecule has 4 nitrogen and oxygen atoms in total. The van der Waals surface area contributed by atoms with E-state index in [1.807, 2.05) is 25.1 Å². The molecule has 0 saturated heterocycles. The third kappa shape index (κ3) is 4.39. The molecule has 1 N–H and O–H groups in total. The molecule has 3 aromatic rings. The molecule has 0 fully saturated rings. The summed E-state index contributed by atoms with van der Waals surface area (Å²) < 4.78 is 24.6. The Balaban J connectivity index is 1.76. The fourth-order valence-corrected chi connectivity index (χ4v) is 2.38. The van der Waals surface area contributed by atoms with Crippen LogP contribution in [0, 0.1) is 5.82 Å². The van der Waals surface area contributed by atoms with Crippen LogP contribution in [0.1, 0.15) is 17.3 Å². The third-order valence-corrected chi connectivity index (χ3v) is 3.58. The van der Waals surface area contributed by atoms with Gasteiger partial charge in [0.25, 0.3) is 5.91 Å². The molecule has 26 heavy (non-hydrogen) atoms. The third-order valence-electron chi connectivity index (χ3n) is 3.58. The van der Waals surface area contributed by atoms with E-state index in [9.17, 15) is 9.18 Å². The first-order valence-corrected chi connectivity index (χ1v) is 8.22. The largest absolute Gasteiger partial charge is 0.494 e. The number of carbonyl (C=O) groups excluding carboxylic acids is 1. The van der Waals surface area contributed by atoms with Crippen molar-refractivity contribution in [3.63, 3.8) is 0 Å². The Morgan fingerprint density at radius 2 is 1.69 bits per heavy atom. The van der Waals surface area contributed by atoms with Crippen LogP contribution in [-0.4, -0.2) is 12.5 Å². The van der Waals surface area contributed by atoms with E-state index < -0.39 is 11.7 Å². The number of benzene rings is 3. The Bertz CT molecular complexity index is 894. The molecule has 0 heterocycles. The first-order chi connectivity index (χ1) is 12.7. The summed E-state index contributed by atoms with van der Waals surface area (Å²) in [6, 6.07) is 19.8. The van der Waals surface area contributed by atoms with Crippen LogP contribution in [0.25, 0.3) is 0 Å². The van der Waals surface area contributed by atoms with Gasteiger partial charge in [-0.15, -0.1) is 0 Å². The van der Waals surface area contributed by atoms with Crippen LogP contribution in [0.2, 0.25) is 0 Å². The second-order valence-electron chi connectivity index (χ2n) is 5.47. The number of amides is 1. The lowest BCUT2D eigenvalue weighted by Crippen LogP contribution is -2.12. The minimum Gasteiger partial charge on any atom is -0.494 e. The lowest BCUT2D eigenvalue weighted by Gasteiger charge is -2.13. The van der Waals surface area contributed by atoms with Crippen LogP contribution in [0.5, 0.6) is 17.2 Å². The van der Waals surface area contributed by atoms with E-state index in [1.54, 1.807) is 36.4 Å². The van der Waals surface area contributed by atoms with Gasteiger partial charge in [-0.25, -0.2) is 4.39 Å². The van der Waals surface area contributed by atoms with Gasteiger partial charge >= 0.3 is 0 Å². The molecule has 0 saturated carbocycles. The zero-order valence-electron chi connectivity index (χ0n) is 14.2. The number of nitrogens with one attached hydrogen (secondary N) is 1. The molecule has 3 rings (SSSR count). The number of carbonyl (C=O) groups is 1. The number of ether oxygens (including phenoxy) is 2. The number of rotatable bonds is 6. The number of hydrogen-bond acceptors (Lipinski definition) is 3. The van der Waals surface area contributed by atoms with Crippen molar-refractivity contribution < 1.29 is 18.7 Å². The van der Waals surface area contributed by atoms with Gasteiger partial charge in [0.05, 0.1) is 12.3 Å². The molecule has 0 aliphatic rings. The second kappa shape index (κ2) is 8.16. The fraction of sp³-hybridized carbons (Fsp3) is 0.0952. The average molecular weight is 351 g/mol. The van der Waals surface area contributed by atoms with Gasteiger partial charge in [-0.1, -0.05) is 18.2 Å². The van der Waals surface area contributed by atoms with Gasteiger partial charge < -0.3 is 14.8 Å². The number of halogens is 1. The molecule has 1 amide bonds. The molecule has 0 bridgehead atoms. The van der Waals surface area contributed by atoms with Crippen LogP contribution < -0.4 is 14.8 Å². The molecule has 0 unspecified atom stereocenters. The highest BCUT2D eigenvalue weighted by molar-refractivity contribution is 6.05. The van der Waals surface area contributed by atoms with Gasteiger partial charge in [-0.2, -0.15) is 0 Å². The van der Waals surface area contributed by atoms with Crippen LogP contribution in [-0.2, 0) is 0 Å². The van der Waals surface area contributed by atoms with Crippen molar-refractivity contribution in [1.29, 1.82) is 0 Å². The van der Waals surface area contributed by atoms with Crippen molar-refractivity contribution in [2.45, 2.75) is 6.92 Å². The predicted octanol–water partition coefficient (Wildman–Crippen LogP) is 5.27. The number of hydrogen-bond donors (Lipinski definition) is 1. The molecule has 132 valence electrons. The van der Waals surface area contributed by atoms with Gasteiger partial charge in [0.2, 0.25) is 0 Å². The molecule has 5 heteroatoms. The summed E-state index contributed by atoms with van der Waals surface area (Å²) in [5.74, 6) is 0.985. The maximum absolute atomic E-state index is 13.3. The summed E-state index contributed by atoms with van der Waals surface area (Å²) in [5, 5.41) is 2.75. The number of para-hydroxylation sites is 2. The van der Waals surface area contributed by atoms with E-state index in [4.69, 9.17) is 9.47 Å². The first-order valence-electron chi connectivity index (χ1n) is 8.22. The van der Waals surface area contributed by atoms with E-state index in [1.165, 1.54) is 18.2 Å². The minimum atomic E-state index is -0.462. The summed E-state index contributed by atoms with van der Waals surface area (Å²) in [6.07, 6.45) is 0. The van der Waals surface area contributed by atoms with E-state index in [0.29, 0.717) is 23.8 Å². The molecule has 0 spiro atoms. The van der Waals surface area contributed by atoms with Crippen LogP contribution >= 0.6 is 0 Å². The van der Waals surface area contributed by atoms with Crippen molar-refractivity contribution in [3.05, 3.63) is 84.2 Å².